The van der Waals surface area contributed by atoms with E-state index in [4.69, 9.17) is 4.98 Å². The van der Waals surface area contributed by atoms with E-state index in [1.54, 1.807) is 4.52 Å². The van der Waals surface area contributed by atoms with Gasteiger partial charge in [-0.05, 0) is 61.7 Å². The van der Waals surface area contributed by atoms with Crippen molar-refractivity contribution in [3.63, 3.8) is 0 Å². The zero-order valence-electron chi connectivity index (χ0n) is 18.2. The van der Waals surface area contributed by atoms with Gasteiger partial charge in [0.25, 0.3) is 5.91 Å². The molecular weight excluding hydrogens is 398 g/mol. The van der Waals surface area contributed by atoms with Crippen molar-refractivity contribution in [2.75, 3.05) is 5.32 Å². The van der Waals surface area contributed by atoms with Crippen LogP contribution in [0, 0.1) is 6.92 Å². The van der Waals surface area contributed by atoms with E-state index in [0.717, 1.165) is 35.3 Å². The zero-order valence-corrected chi connectivity index (χ0v) is 18.2. The summed E-state index contributed by atoms with van der Waals surface area (Å²) in [5, 5.41) is 11.0. The molecule has 6 nitrogen and oxygen atoms in total. The fourth-order valence-corrected chi connectivity index (χ4v) is 4.35. The van der Waals surface area contributed by atoms with Crippen LogP contribution in [0.2, 0.25) is 0 Å². The fourth-order valence-electron chi connectivity index (χ4n) is 4.35. The van der Waals surface area contributed by atoms with E-state index in [1.165, 1.54) is 24.8 Å². The fraction of sp³-hybridized carbons (Fsp3) is 0.269. The molecule has 2 aromatic carbocycles. The number of amides is 1. The summed E-state index contributed by atoms with van der Waals surface area (Å²) in [5.41, 5.74) is 5.66. The van der Waals surface area contributed by atoms with Gasteiger partial charge in [0.15, 0.2) is 5.65 Å². The van der Waals surface area contributed by atoms with Gasteiger partial charge >= 0.3 is 0 Å². The van der Waals surface area contributed by atoms with Crippen LogP contribution in [-0.4, -0.2) is 26.5 Å². The number of anilines is 2. The Morgan fingerprint density at radius 1 is 1.00 bits per heavy atom. The van der Waals surface area contributed by atoms with Gasteiger partial charge in [-0.15, -0.1) is 5.10 Å². The Bertz CT molecular complexity index is 1240. The first-order valence-corrected chi connectivity index (χ1v) is 11.3. The summed E-state index contributed by atoms with van der Waals surface area (Å²) in [6.07, 6.45) is 7.73. The van der Waals surface area contributed by atoms with E-state index in [2.05, 4.69) is 53.0 Å². The second-order valence-corrected chi connectivity index (χ2v) is 8.51. The maximum atomic E-state index is 12.5. The number of pyridine rings is 1. The molecule has 2 heterocycles. The van der Waals surface area contributed by atoms with Gasteiger partial charge in [0.05, 0.1) is 0 Å². The summed E-state index contributed by atoms with van der Waals surface area (Å²) in [5.74, 6) is 0.515. The average Bonchev–Trinajstić information content (AvgIpc) is 3.22. The van der Waals surface area contributed by atoms with Crippen LogP contribution in [-0.2, 0) is 0 Å². The third-order valence-electron chi connectivity index (χ3n) is 6.04. The molecule has 2 N–H and O–H groups in total. The number of aromatic nitrogens is 3. The molecule has 4 aromatic rings. The molecule has 162 valence electrons. The molecule has 0 atom stereocenters. The topological polar surface area (TPSA) is 71.3 Å². The van der Waals surface area contributed by atoms with Crippen molar-refractivity contribution < 1.29 is 4.79 Å². The molecule has 2 aromatic heterocycles. The van der Waals surface area contributed by atoms with Gasteiger partial charge in [-0.3, -0.25) is 4.79 Å². The van der Waals surface area contributed by atoms with Crippen LogP contribution >= 0.6 is 0 Å². The molecule has 0 bridgehead atoms. The largest absolute Gasteiger partial charge is 0.349 e. The third kappa shape index (κ3) is 4.35. The van der Waals surface area contributed by atoms with Gasteiger partial charge in [0, 0.05) is 29.1 Å². The predicted molar refractivity (Wildman–Crippen MR) is 127 cm³/mol. The molecule has 0 spiro atoms. The van der Waals surface area contributed by atoms with Gasteiger partial charge < -0.3 is 10.6 Å². The van der Waals surface area contributed by atoms with Crippen molar-refractivity contribution in [2.45, 2.75) is 45.1 Å². The van der Waals surface area contributed by atoms with Crippen molar-refractivity contribution >= 4 is 23.2 Å². The number of nitrogens with one attached hydrogen (secondary N) is 2. The Morgan fingerprint density at radius 3 is 2.59 bits per heavy atom. The first kappa shape index (κ1) is 20.2. The molecule has 1 aliphatic rings. The maximum absolute atomic E-state index is 12.5. The summed E-state index contributed by atoms with van der Waals surface area (Å²) in [4.78, 5) is 17.2. The second-order valence-electron chi connectivity index (χ2n) is 8.51. The molecule has 0 saturated heterocycles. The van der Waals surface area contributed by atoms with E-state index in [0.29, 0.717) is 17.6 Å². The van der Waals surface area contributed by atoms with Gasteiger partial charge in [0.1, 0.15) is 0 Å². The van der Waals surface area contributed by atoms with E-state index >= 15 is 0 Å². The quantitative estimate of drug-likeness (QED) is 0.442. The summed E-state index contributed by atoms with van der Waals surface area (Å²) < 4.78 is 1.78. The van der Waals surface area contributed by atoms with Gasteiger partial charge in [-0.25, -0.2) is 4.52 Å². The Balaban J connectivity index is 1.32. The number of nitrogens with zero attached hydrogens (tertiary/aromatic N) is 3. The normalized spacial score (nSPS) is 14.4. The van der Waals surface area contributed by atoms with Crippen LogP contribution in [0.5, 0.6) is 0 Å². The number of benzene rings is 2. The molecule has 5 rings (SSSR count). The molecular formula is C26H27N5O. The van der Waals surface area contributed by atoms with Crippen LogP contribution in [0.1, 0.15) is 48.0 Å². The molecule has 0 aliphatic heterocycles. The molecule has 6 heteroatoms. The molecule has 0 unspecified atom stereocenters. The van der Waals surface area contributed by atoms with Crippen LogP contribution in [0.4, 0.5) is 11.6 Å². The molecule has 1 fully saturated rings. The minimum absolute atomic E-state index is 0.00268. The summed E-state index contributed by atoms with van der Waals surface area (Å²) in [6.45, 7) is 2.08. The Morgan fingerprint density at radius 2 is 1.81 bits per heavy atom. The SMILES string of the molecule is Cc1cccc(-c2cccn3nc(Nc4ccc(C(=O)NC5CCCCC5)cc4)nc23)c1. The summed E-state index contributed by atoms with van der Waals surface area (Å²) in [7, 11) is 0. The maximum Gasteiger partial charge on any atom is 0.251 e. The lowest BCUT2D eigenvalue weighted by atomic mass is 9.95. The molecule has 1 amide bonds. The van der Waals surface area contributed by atoms with E-state index in [-0.39, 0.29) is 5.91 Å². The third-order valence-corrected chi connectivity index (χ3v) is 6.04. The monoisotopic (exact) mass is 425 g/mol. The lowest BCUT2D eigenvalue weighted by molar-refractivity contribution is 0.0927. The molecule has 32 heavy (non-hydrogen) atoms. The standard InChI is InChI=1S/C26H27N5O/c1-18-7-5-8-20(17-18)23-11-6-16-31-24(23)29-26(30-31)28-22-14-12-19(13-15-22)25(32)27-21-9-3-2-4-10-21/h5-8,11-17,21H,2-4,9-10H2,1H3,(H,27,32)(H,28,30). The van der Waals surface area contributed by atoms with Crippen LogP contribution in [0.25, 0.3) is 16.8 Å². The minimum Gasteiger partial charge on any atom is -0.349 e. The number of hydrogen-bond acceptors (Lipinski definition) is 4. The smallest absolute Gasteiger partial charge is 0.251 e. The number of hydrogen-bond donors (Lipinski definition) is 2. The van der Waals surface area contributed by atoms with Gasteiger partial charge in [-0.1, -0.05) is 49.1 Å². The lowest BCUT2D eigenvalue weighted by Gasteiger charge is -2.22. The predicted octanol–water partition coefficient (Wildman–Crippen LogP) is 5.51. The highest BCUT2D eigenvalue weighted by Crippen LogP contribution is 2.26. The summed E-state index contributed by atoms with van der Waals surface area (Å²) in [6, 6.07) is 20.2. The number of fused-ring (bicyclic) bond motifs is 1. The molecule has 1 saturated carbocycles. The van der Waals surface area contributed by atoms with Crippen molar-refractivity contribution in [1.29, 1.82) is 0 Å². The average molecular weight is 426 g/mol. The highest BCUT2D eigenvalue weighted by atomic mass is 16.1. The summed E-state index contributed by atoms with van der Waals surface area (Å²) >= 11 is 0. The van der Waals surface area contributed by atoms with Crippen molar-refractivity contribution in [2.24, 2.45) is 0 Å². The van der Waals surface area contributed by atoms with Crippen molar-refractivity contribution in [3.05, 3.63) is 78.0 Å². The van der Waals surface area contributed by atoms with Crippen LogP contribution in [0.15, 0.2) is 66.9 Å². The van der Waals surface area contributed by atoms with Gasteiger partial charge in [0.2, 0.25) is 5.95 Å². The van der Waals surface area contributed by atoms with Gasteiger partial charge in [-0.2, -0.15) is 4.98 Å². The highest BCUT2D eigenvalue weighted by Gasteiger charge is 2.16. The number of rotatable bonds is 5. The van der Waals surface area contributed by atoms with Crippen molar-refractivity contribution in [1.82, 2.24) is 19.9 Å². The number of carbonyl (C=O) groups excluding carboxylic acids is 1. The molecule has 0 radical (unpaired) electrons. The second kappa shape index (κ2) is 8.83. The number of carbonyl (C=O) groups is 1. The highest BCUT2D eigenvalue weighted by molar-refractivity contribution is 5.94. The van der Waals surface area contributed by atoms with E-state index < -0.39 is 0 Å². The minimum atomic E-state index is -0.00268. The van der Waals surface area contributed by atoms with Crippen LogP contribution in [0.3, 0.4) is 0 Å². The number of aryl methyl sites for hydroxylation is 1. The first-order chi connectivity index (χ1) is 15.7. The Labute approximate surface area is 187 Å². The lowest BCUT2D eigenvalue weighted by Crippen LogP contribution is -2.36. The van der Waals surface area contributed by atoms with Crippen molar-refractivity contribution in [3.8, 4) is 11.1 Å². The zero-order chi connectivity index (χ0) is 21.9. The Kier molecular flexibility index (Phi) is 5.58. The van der Waals surface area contributed by atoms with E-state index in [9.17, 15) is 4.79 Å². The van der Waals surface area contributed by atoms with E-state index in [1.807, 2.05) is 36.5 Å². The molecule has 1 aliphatic carbocycles. The Hall–Kier alpha value is -3.67. The van der Waals surface area contributed by atoms with Crippen LogP contribution < -0.4 is 10.6 Å². The first-order valence-electron chi connectivity index (χ1n) is 11.3.